The van der Waals surface area contributed by atoms with E-state index in [4.69, 9.17) is 0 Å². The summed E-state index contributed by atoms with van der Waals surface area (Å²) in [4.78, 5) is 0. The van der Waals surface area contributed by atoms with Crippen LogP contribution in [0.2, 0.25) is 0 Å². The van der Waals surface area contributed by atoms with Gasteiger partial charge >= 0.3 is 0 Å². The summed E-state index contributed by atoms with van der Waals surface area (Å²) in [5.41, 5.74) is 0. The van der Waals surface area contributed by atoms with Crippen LogP contribution in [0.3, 0.4) is 0 Å². The average Bonchev–Trinajstić information content (AvgIpc) is 2.51. The summed E-state index contributed by atoms with van der Waals surface area (Å²) in [7, 11) is 0. The Morgan fingerprint density at radius 3 is 1.36 bits per heavy atom. The van der Waals surface area contributed by atoms with Crippen molar-refractivity contribution in [1.82, 2.24) is 0 Å². The van der Waals surface area contributed by atoms with Crippen molar-refractivity contribution in [2.24, 2.45) is 0 Å². The van der Waals surface area contributed by atoms with E-state index in [0.717, 1.165) is 6.42 Å². The van der Waals surface area contributed by atoms with Gasteiger partial charge in [-0.3, -0.25) is 0 Å². The van der Waals surface area contributed by atoms with E-state index in [9.17, 15) is 5.11 Å². The van der Waals surface area contributed by atoms with Gasteiger partial charge in [-0.2, -0.15) is 0 Å². The van der Waals surface area contributed by atoms with Gasteiger partial charge in [0.15, 0.2) is 0 Å². The molecule has 0 atom stereocenters. The maximum Gasteiger partial charge on any atom is 0.0808 e. The highest BCUT2D eigenvalue weighted by Crippen LogP contribution is 2.17. The fraction of sp³-hybridized carbons (Fsp3) is 1.00. The van der Waals surface area contributed by atoms with Crippen LogP contribution in [0.5, 0.6) is 0 Å². The molecule has 0 saturated heterocycles. The van der Waals surface area contributed by atoms with Gasteiger partial charge in [-0.25, -0.2) is 0 Å². The lowest BCUT2D eigenvalue weighted by atomic mass is 10.1. The van der Waals surface area contributed by atoms with Crippen molar-refractivity contribution in [2.75, 3.05) is 32.8 Å². The number of halogens is 1. The van der Waals surface area contributed by atoms with Crippen LogP contribution in [-0.4, -0.2) is 42.4 Å². The zero-order chi connectivity index (χ0) is 15.8. The van der Waals surface area contributed by atoms with Gasteiger partial charge in [-0.1, -0.05) is 52.9 Å². The molecule has 0 heterocycles. The summed E-state index contributed by atoms with van der Waals surface area (Å²) in [6.07, 6.45) is 14.5. The molecule has 0 bridgehead atoms. The van der Waals surface area contributed by atoms with Crippen molar-refractivity contribution < 1.29 is 22.0 Å². The smallest absolute Gasteiger partial charge is 0.0808 e. The molecule has 0 aromatic rings. The predicted molar refractivity (Wildman–Crippen MR) is 94.6 cm³/mol. The number of hydrogen-bond acceptors (Lipinski definition) is 1. The molecule has 0 aliphatic carbocycles. The Morgan fingerprint density at radius 2 is 0.955 bits per heavy atom. The van der Waals surface area contributed by atoms with Gasteiger partial charge in [0, 0.05) is 13.0 Å². The molecule has 0 rings (SSSR count). The summed E-state index contributed by atoms with van der Waals surface area (Å²) in [6.45, 7) is 12.4. The number of rotatable bonds is 16. The van der Waals surface area contributed by atoms with Crippen molar-refractivity contribution in [3.05, 3.63) is 0 Å². The zero-order valence-corrected chi connectivity index (χ0v) is 16.3. The van der Waals surface area contributed by atoms with E-state index in [1.165, 1.54) is 94.9 Å². The number of quaternary nitrogens is 1. The first-order chi connectivity index (χ1) is 10.2. The van der Waals surface area contributed by atoms with Crippen LogP contribution in [0.4, 0.5) is 0 Å². The quantitative estimate of drug-likeness (QED) is 0.338. The Kier molecular flexibility index (Phi) is 19.5. The molecular weight excluding hydrogens is 294 g/mol. The van der Waals surface area contributed by atoms with Crippen LogP contribution < -0.4 is 12.4 Å². The molecule has 0 unspecified atom stereocenters. The van der Waals surface area contributed by atoms with Gasteiger partial charge in [-0.05, 0) is 32.1 Å². The fourth-order valence-corrected chi connectivity index (χ4v) is 3.32. The number of hydrogen-bond donors (Lipinski definition) is 1. The maximum atomic E-state index is 9.26. The third-order valence-electron chi connectivity index (χ3n) is 4.75. The lowest BCUT2D eigenvalue weighted by Crippen LogP contribution is -3.00. The Morgan fingerprint density at radius 1 is 0.545 bits per heavy atom. The van der Waals surface area contributed by atoms with Crippen LogP contribution in [0, 0.1) is 0 Å². The Labute approximate surface area is 146 Å². The molecule has 0 aromatic heterocycles. The molecular formula is C19H42ClNO. The van der Waals surface area contributed by atoms with Gasteiger partial charge in [-0.15, -0.1) is 0 Å². The van der Waals surface area contributed by atoms with Gasteiger partial charge < -0.3 is 22.0 Å². The molecule has 22 heavy (non-hydrogen) atoms. The van der Waals surface area contributed by atoms with Gasteiger partial charge in [0.05, 0.1) is 26.2 Å². The lowest BCUT2D eigenvalue weighted by molar-refractivity contribution is -0.929. The summed E-state index contributed by atoms with van der Waals surface area (Å²) in [5.74, 6) is 0. The summed E-state index contributed by atoms with van der Waals surface area (Å²) >= 11 is 0. The van der Waals surface area contributed by atoms with Crippen LogP contribution in [0.25, 0.3) is 0 Å². The largest absolute Gasteiger partial charge is 1.00 e. The molecule has 1 N–H and O–H groups in total. The van der Waals surface area contributed by atoms with Crippen LogP contribution in [0.15, 0.2) is 0 Å². The van der Waals surface area contributed by atoms with E-state index in [-0.39, 0.29) is 12.4 Å². The summed E-state index contributed by atoms with van der Waals surface area (Å²) < 4.78 is 1.28. The Balaban J connectivity index is 0. The predicted octanol–water partition coefficient (Wildman–Crippen LogP) is 2.15. The molecule has 0 amide bonds. The van der Waals surface area contributed by atoms with Crippen molar-refractivity contribution in [3.63, 3.8) is 0 Å². The molecule has 0 spiro atoms. The minimum Gasteiger partial charge on any atom is -1.00 e. The molecule has 136 valence electrons. The van der Waals surface area contributed by atoms with Crippen LogP contribution in [0.1, 0.15) is 91.4 Å². The van der Waals surface area contributed by atoms with Crippen LogP contribution >= 0.6 is 0 Å². The molecule has 0 aliphatic rings. The second-order valence-electron chi connectivity index (χ2n) is 6.79. The Bertz CT molecular complexity index is 190. The second kappa shape index (κ2) is 17.6. The second-order valence-corrected chi connectivity index (χ2v) is 6.79. The van der Waals surface area contributed by atoms with E-state index in [1.54, 1.807) is 0 Å². The van der Waals surface area contributed by atoms with Gasteiger partial charge in [0.1, 0.15) is 0 Å². The normalized spacial score (nSPS) is 11.5. The average molecular weight is 336 g/mol. The van der Waals surface area contributed by atoms with Gasteiger partial charge in [0.25, 0.3) is 0 Å². The highest BCUT2D eigenvalue weighted by Gasteiger charge is 2.25. The Hall–Kier alpha value is 0.210. The van der Waals surface area contributed by atoms with Crippen molar-refractivity contribution in [2.45, 2.75) is 91.4 Å². The standard InChI is InChI=1S/C19H42NO.ClH/c1-4-7-10-12-16-20(15-9-6-3,18-14-19-21)17-13-11-8-5-2;/h21H,4-19H2,1-3H3;1H/q+1;/p-1. The van der Waals surface area contributed by atoms with Crippen molar-refractivity contribution >= 4 is 0 Å². The lowest BCUT2D eigenvalue weighted by Gasteiger charge is -2.39. The highest BCUT2D eigenvalue weighted by molar-refractivity contribution is 4.51. The minimum absolute atomic E-state index is 0. The molecule has 0 radical (unpaired) electrons. The summed E-state index contributed by atoms with van der Waals surface area (Å²) in [6, 6.07) is 0. The number of unbranched alkanes of at least 4 members (excludes halogenated alkanes) is 7. The number of aliphatic hydroxyl groups is 1. The van der Waals surface area contributed by atoms with E-state index in [1.807, 2.05) is 0 Å². The number of nitrogens with zero attached hydrogens (tertiary/aromatic N) is 1. The molecule has 2 nitrogen and oxygen atoms in total. The first-order valence-electron chi connectivity index (χ1n) is 9.70. The summed E-state index contributed by atoms with van der Waals surface area (Å²) in [5, 5.41) is 9.26. The number of aliphatic hydroxyl groups excluding tert-OH is 1. The third-order valence-corrected chi connectivity index (χ3v) is 4.75. The maximum absolute atomic E-state index is 9.26. The van der Waals surface area contributed by atoms with Crippen LogP contribution in [-0.2, 0) is 0 Å². The monoisotopic (exact) mass is 335 g/mol. The molecule has 0 fully saturated rings. The highest BCUT2D eigenvalue weighted by atomic mass is 35.5. The van der Waals surface area contributed by atoms with Crippen molar-refractivity contribution in [1.29, 1.82) is 0 Å². The topological polar surface area (TPSA) is 20.2 Å². The molecule has 3 heteroatoms. The zero-order valence-electron chi connectivity index (χ0n) is 15.6. The van der Waals surface area contributed by atoms with E-state index >= 15 is 0 Å². The molecule has 0 aromatic carbocycles. The van der Waals surface area contributed by atoms with E-state index < -0.39 is 0 Å². The van der Waals surface area contributed by atoms with E-state index in [2.05, 4.69) is 20.8 Å². The molecule has 0 saturated carbocycles. The minimum atomic E-state index is 0. The SMILES string of the molecule is CCCCCC[N+](CCCC)(CCCO)CCCCCC.[Cl-]. The fourth-order valence-electron chi connectivity index (χ4n) is 3.32. The van der Waals surface area contributed by atoms with Gasteiger partial charge in [0.2, 0.25) is 0 Å². The first kappa shape index (κ1) is 24.5. The molecule has 0 aliphatic heterocycles. The van der Waals surface area contributed by atoms with Crippen molar-refractivity contribution in [3.8, 4) is 0 Å². The third kappa shape index (κ3) is 12.7. The van der Waals surface area contributed by atoms with E-state index in [0.29, 0.717) is 6.61 Å². The first-order valence-corrected chi connectivity index (χ1v) is 9.70.